The molecule has 0 radical (unpaired) electrons. The van der Waals surface area contributed by atoms with Gasteiger partial charge in [0.1, 0.15) is 0 Å². The summed E-state index contributed by atoms with van der Waals surface area (Å²) in [6.45, 7) is 7.72. The predicted octanol–water partition coefficient (Wildman–Crippen LogP) is 0.868. The minimum atomic E-state index is 0.630. The van der Waals surface area contributed by atoms with Crippen LogP contribution in [0.4, 0.5) is 0 Å². The molecule has 0 unspecified atom stereocenters. The quantitative estimate of drug-likeness (QED) is 0.205. The van der Waals surface area contributed by atoms with Crippen LogP contribution in [-0.4, -0.2) is 12.1 Å². The Bertz CT molecular complexity index is 142. The van der Waals surface area contributed by atoms with Gasteiger partial charge in [-0.05, 0) is 0 Å². The molecule has 0 aromatic carbocycles. The van der Waals surface area contributed by atoms with E-state index in [-0.39, 0.29) is 0 Å². The molecule has 3 nitrogen and oxygen atoms in total. The second-order valence-electron chi connectivity index (χ2n) is 1.44. The highest BCUT2D eigenvalue weighted by Crippen LogP contribution is 2.03. The first kappa shape index (κ1) is 9.26. The van der Waals surface area contributed by atoms with Gasteiger partial charge in [-0.3, -0.25) is 10.8 Å². The second kappa shape index (κ2) is 6.38. The summed E-state index contributed by atoms with van der Waals surface area (Å²) in [5.74, 6) is 5.03. The number of aliphatic imine (C=N–C) groups is 1. The minimum Gasteiger partial charge on any atom is -0.319 e. The normalized spacial score (nSPS) is 9.70. The van der Waals surface area contributed by atoms with Crippen molar-refractivity contribution in [2.75, 3.05) is 6.54 Å². The molecule has 0 aliphatic carbocycles. The van der Waals surface area contributed by atoms with E-state index in [0.717, 1.165) is 0 Å². The highest BCUT2D eigenvalue weighted by Gasteiger charge is 1.83. The largest absolute Gasteiger partial charge is 0.319 e. The van der Waals surface area contributed by atoms with Crippen molar-refractivity contribution in [1.29, 1.82) is 0 Å². The molecule has 0 atom stereocenters. The Hall–Kier alpha value is -0.740. The molecular formula is C6H11N3S. The van der Waals surface area contributed by atoms with Crippen molar-refractivity contribution in [3.8, 4) is 0 Å². The topological polar surface area (TPSA) is 50.4 Å². The maximum atomic E-state index is 5.03. The van der Waals surface area contributed by atoms with Crippen molar-refractivity contribution in [3.63, 3.8) is 0 Å². The van der Waals surface area contributed by atoms with Gasteiger partial charge in [0.15, 0.2) is 0 Å². The summed E-state index contributed by atoms with van der Waals surface area (Å²) in [5.41, 5.74) is 4.06. The number of hydrogen-bond donors (Lipinski definition) is 2. The van der Waals surface area contributed by atoms with Gasteiger partial charge >= 0.3 is 0 Å². The molecule has 0 aliphatic rings. The molecule has 10 heavy (non-hydrogen) atoms. The van der Waals surface area contributed by atoms with Crippen molar-refractivity contribution >= 4 is 17.3 Å². The molecule has 0 rings (SSSR count). The zero-order valence-electron chi connectivity index (χ0n) is 5.71. The lowest BCUT2D eigenvalue weighted by molar-refractivity contribution is 0.955. The van der Waals surface area contributed by atoms with Crippen molar-refractivity contribution < 1.29 is 0 Å². The summed E-state index contributed by atoms with van der Waals surface area (Å²) < 4.78 is 0. The summed E-state index contributed by atoms with van der Waals surface area (Å²) >= 11 is 1.35. The molecule has 0 heterocycles. The fraction of sp³-hybridized carbons (Fsp3) is 0.167. The Labute approximate surface area is 65.1 Å². The summed E-state index contributed by atoms with van der Waals surface area (Å²) in [6.07, 6.45) is 1.72. The molecule has 0 aliphatic heterocycles. The first-order valence-corrected chi connectivity index (χ1v) is 3.60. The van der Waals surface area contributed by atoms with E-state index in [1.54, 1.807) is 11.6 Å². The first-order chi connectivity index (χ1) is 4.81. The van der Waals surface area contributed by atoms with Crippen LogP contribution in [0.15, 0.2) is 29.3 Å². The van der Waals surface area contributed by atoms with Gasteiger partial charge in [0, 0.05) is 0 Å². The summed E-state index contributed by atoms with van der Waals surface area (Å²) in [5, 5.41) is 0.674. The average molecular weight is 157 g/mol. The second-order valence-corrected chi connectivity index (χ2v) is 2.38. The van der Waals surface area contributed by atoms with Crippen LogP contribution >= 0.6 is 11.8 Å². The number of nitrogens with one attached hydrogen (secondary N) is 1. The number of hydrogen-bond acceptors (Lipinski definition) is 4. The van der Waals surface area contributed by atoms with Crippen molar-refractivity contribution in [3.05, 3.63) is 24.3 Å². The number of hydrazine groups is 1. The number of rotatable bonds is 5. The number of nitrogens with two attached hydrogens (primary N) is 1. The molecule has 0 saturated heterocycles. The van der Waals surface area contributed by atoms with E-state index >= 15 is 0 Å². The fourth-order valence-electron chi connectivity index (χ4n) is 0.252. The van der Waals surface area contributed by atoms with Crippen LogP contribution < -0.4 is 11.3 Å². The van der Waals surface area contributed by atoms with E-state index in [1.807, 2.05) is 0 Å². The van der Waals surface area contributed by atoms with Crippen LogP contribution in [0.5, 0.6) is 0 Å². The molecule has 4 heteroatoms. The van der Waals surface area contributed by atoms with Gasteiger partial charge in [0.2, 0.25) is 0 Å². The first-order valence-electron chi connectivity index (χ1n) is 2.72. The fourth-order valence-corrected chi connectivity index (χ4v) is 0.608. The maximum absolute atomic E-state index is 5.03. The molecule has 56 valence electrons. The SMILES string of the molecule is C=CCN=CSC(=C)NN. The Kier molecular flexibility index (Phi) is 5.91. The van der Waals surface area contributed by atoms with Gasteiger partial charge in [0.25, 0.3) is 0 Å². The lowest BCUT2D eigenvalue weighted by Gasteiger charge is -1.95. The van der Waals surface area contributed by atoms with E-state index < -0.39 is 0 Å². The van der Waals surface area contributed by atoms with Gasteiger partial charge in [-0.25, -0.2) is 0 Å². The number of nitrogens with zero attached hydrogens (tertiary/aromatic N) is 1. The zero-order chi connectivity index (χ0) is 7.82. The Morgan fingerprint density at radius 3 is 3.00 bits per heavy atom. The Morgan fingerprint density at radius 2 is 2.50 bits per heavy atom. The van der Waals surface area contributed by atoms with Gasteiger partial charge in [0.05, 0.1) is 17.1 Å². The van der Waals surface area contributed by atoms with Crippen LogP contribution in [0.1, 0.15) is 0 Å². The van der Waals surface area contributed by atoms with E-state index in [0.29, 0.717) is 11.6 Å². The smallest absolute Gasteiger partial charge is 0.0806 e. The molecule has 0 aromatic heterocycles. The Balaban J connectivity index is 3.33. The minimum absolute atomic E-state index is 0.630. The summed E-state index contributed by atoms with van der Waals surface area (Å²) in [7, 11) is 0. The molecule has 0 bridgehead atoms. The average Bonchev–Trinajstić information content (AvgIpc) is 1.98. The van der Waals surface area contributed by atoms with Crippen LogP contribution in [-0.2, 0) is 0 Å². The van der Waals surface area contributed by atoms with Crippen molar-refractivity contribution in [1.82, 2.24) is 5.43 Å². The summed E-state index contributed by atoms with van der Waals surface area (Å²) in [4.78, 5) is 3.94. The molecular weight excluding hydrogens is 146 g/mol. The molecule has 0 aromatic rings. The highest BCUT2D eigenvalue weighted by molar-refractivity contribution is 8.15. The van der Waals surface area contributed by atoms with Crippen LogP contribution in [0.25, 0.3) is 0 Å². The molecule has 0 fully saturated rings. The lowest BCUT2D eigenvalue weighted by Crippen LogP contribution is -2.18. The maximum Gasteiger partial charge on any atom is 0.0806 e. The molecule has 0 saturated carbocycles. The van der Waals surface area contributed by atoms with Gasteiger partial charge in [-0.2, -0.15) is 0 Å². The highest BCUT2D eigenvalue weighted by atomic mass is 32.2. The Morgan fingerprint density at radius 1 is 1.80 bits per heavy atom. The van der Waals surface area contributed by atoms with Gasteiger partial charge in [-0.15, -0.1) is 6.58 Å². The number of thioether (sulfide) groups is 1. The van der Waals surface area contributed by atoms with E-state index in [4.69, 9.17) is 5.84 Å². The lowest BCUT2D eigenvalue weighted by atomic mass is 10.7. The van der Waals surface area contributed by atoms with Crippen molar-refractivity contribution in [2.24, 2.45) is 10.8 Å². The zero-order valence-corrected chi connectivity index (χ0v) is 6.53. The third-order valence-electron chi connectivity index (χ3n) is 0.665. The van der Waals surface area contributed by atoms with E-state index in [1.165, 1.54) is 11.8 Å². The molecule has 0 amide bonds. The third-order valence-corrected chi connectivity index (χ3v) is 1.32. The monoisotopic (exact) mass is 157 g/mol. The molecule has 3 N–H and O–H groups in total. The van der Waals surface area contributed by atoms with E-state index in [2.05, 4.69) is 23.6 Å². The van der Waals surface area contributed by atoms with Crippen LogP contribution in [0, 0.1) is 0 Å². The van der Waals surface area contributed by atoms with Crippen LogP contribution in [0.3, 0.4) is 0 Å². The van der Waals surface area contributed by atoms with Crippen molar-refractivity contribution in [2.45, 2.75) is 0 Å². The predicted molar refractivity (Wildman–Crippen MR) is 47.6 cm³/mol. The van der Waals surface area contributed by atoms with Crippen LogP contribution in [0.2, 0.25) is 0 Å². The molecule has 0 spiro atoms. The standard InChI is InChI=1S/C6H11N3S/c1-3-4-8-5-10-6(2)9-7/h3,5,9H,1-2,4,7H2. The van der Waals surface area contributed by atoms with Gasteiger partial charge in [-0.1, -0.05) is 24.4 Å². The van der Waals surface area contributed by atoms with Gasteiger partial charge < -0.3 is 5.43 Å². The summed E-state index contributed by atoms with van der Waals surface area (Å²) in [6, 6.07) is 0. The van der Waals surface area contributed by atoms with E-state index in [9.17, 15) is 0 Å². The third kappa shape index (κ3) is 5.40.